The second kappa shape index (κ2) is 9.21. The Morgan fingerprint density at radius 2 is 1.64 bits per heavy atom. The monoisotopic (exact) mass is 387 g/mol. The van der Waals surface area contributed by atoms with Crippen LogP contribution in [0, 0.1) is 0 Å². The molecule has 1 aromatic rings. The summed E-state index contributed by atoms with van der Waals surface area (Å²) < 4.78 is 10.7. The summed E-state index contributed by atoms with van der Waals surface area (Å²) in [5.74, 6) is 0.284. The number of methoxy groups -OCH3 is 1. The number of imide groups is 1. The van der Waals surface area contributed by atoms with Gasteiger partial charge in [-0.1, -0.05) is 19.1 Å². The van der Waals surface area contributed by atoms with E-state index in [4.69, 9.17) is 9.47 Å². The van der Waals surface area contributed by atoms with Crippen molar-refractivity contribution in [3.8, 4) is 5.75 Å². The molecular formula is C21H29N3O4. The zero-order valence-corrected chi connectivity index (χ0v) is 16.9. The third kappa shape index (κ3) is 4.20. The van der Waals surface area contributed by atoms with E-state index >= 15 is 0 Å². The predicted molar refractivity (Wildman–Crippen MR) is 107 cm³/mol. The van der Waals surface area contributed by atoms with Crippen molar-refractivity contribution in [3.05, 3.63) is 35.5 Å². The Bertz CT molecular complexity index is 737. The molecule has 28 heavy (non-hydrogen) atoms. The molecule has 2 amide bonds. The number of likely N-dealkylation sites (N-methyl/N-ethyl adjacent to an activating group) is 1. The van der Waals surface area contributed by atoms with Gasteiger partial charge in [-0.3, -0.25) is 14.5 Å². The molecule has 7 heteroatoms. The van der Waals surface area contributed by atoms with E-state index in [1.807, 2.05) is 29.2 Å². The Balaban J connectivity index is 1.93. The van der Waals surface area contributed by atoms with Crippen LogP contribution in [0.2, 0.25) is 0 Å². The third-order valence-electron chi connectivity index (χ3n) is 5.10. The molecule has 0 atom stereocenters. The molecule has 1 saturated heterocycles. The van der Waals surface area contributed by atoms with Crippen LogP contribution in [-0.4, -0.2) is 86.6 Å². The molecule has 0 unspecified atom stereocenters. The summed E-state index contributed by atoms with van der Waals surface area (Å²) in [5.41, 5.74) is 1.74. The number of benzene rings is 1. The molecular weight excluding hydrogens is 358 g/mol. The van der Waals surface area contributed by atoms with Gasteiger partial charge in [-0.05, 0) is 31.2 Å². The number of piperazine rings is 1. The van der Waals surface area contributed by atoms with E-state index in [1.165, 1.54) is 4.90 Å². The first-order valence-corrected chi connectivity index (χ1v) is 9.83. The van der Waals surface area contributed by atoms with Gasteiger partial charge < -0.3 is 19.3 Å². The van der Waals surface area contributed by atoms with Crippen molar-refractivity contribution in [3.63, 3.8) is 0 Å². The first kappa shape index (κ1) is 20.4. The minimum Gasteiger partial charge on any atom is -0.494 e. The zero-order valence-electron chi connectivity index (χ0n) is 16.9. The van der Waals surface area contributed by atoms with E-state index in [0.29, 0.717) is 24.5 Å². The minimum atomic E-state index is -0.252. The highest BCUT2D eigenvalue weighted by Gasteiger charge is 2.41. The fourth-order valence-corrected chi connectivity index (χ4v) is 3.47. The van der Waals surface area contributed by atoms with Gasteiger partial charge in [0, 0.05) is 33.3 Å². The molecule has 0 saturated carbocycles. The van der Waals surface area contributed by atoms with Crippen molar-refractivity contribution in [2.24, 2.45) is 0 Å². The summed E-state index contributed by atoms with van der Waals surface area (Å²) >= 11 is 0. The molecule has 0 bridgehead atoms. The smallest absolute Gasteiger partial charge is 0.277 e. The summed E-state index contributed by atoms with van der Waals surface area (Å²) in [5, 5.41) is 0. The normalized spacial score (nSPS) is 18.4. The lowest BCUT2D eigenvalue weighted by Crippen LogP contribution is -2.46. The second-order valence-corrected chi connectivity index (χ2v) is 7.14. The van der Waals surface area contributed by atoms with Gasteiger partial charge in [-0.15, -0.1) is 0 Å². The van der Waals surface area contributed by atoms with Gasteiger partial charge in [0.2, 0.25) is 0 Å². The predicted octanol–water partition coefficient (Wildman–Crippen LogP) is 1.45. The van der Waals surface area contributed by atoms with Crippen LogP contribution >= 0.6 is 0 Å². The second-order valence-electron chi connectivity index (χ2n) is 7.14. The average Bonchev–Trinajstić information content (AvgIpc) is 2.96. The van der Waals surface area contributed by atoms with Crippen molar-refractivity contribution in [2.75, 3.05) is 60.1 Å². The van der Waals surface area contributed by atoms with E-state index in [0.717, 1.165) is 43.9 Å². The third-order valence-corrected chi connectivity index (χ3v) is 5.10. The van der Waals surface area contributed by atoms with Gasteiger partial charge in [0.05, 0.1) is 25.3 Å². The molecule has 0 spiro atoms. The van der Waals surface area contributed by atoms with Crippen molar-refractivity contribution in [2.45, 2.75) is 13.3 Å². The van der Waals surface area contributed by atoms with Crippen LogP contribution in [0.3, 0.4) is 0 Å². The van der Waals surface area contributed by atoms with Crippen molar-refractivity contribution >= 4 is 17.4 Å². The SMILES string of the molecule is CCCOc1ccc(C2=C(N3CCN(C)CC3)C(=O)N(CCOC)C2=O)cc1. The molecule has 0 radical (unpaired) electrons. The molecule has 1 aromatic carbocycles. The van der Waals surface area contributed by atoms with Crippen molar-refractivity contribution in [1.29, 1.82) is 0 Å². The van der Waals surface area contributed by atoms with Crippen LogP contribution in [0.15, 0.2) is 30.0 Å². The Morgan fingerprint density at radius 3 is 2.25 bits per heavy atom. The van der Waals surface area contributed by atoms with Crippen LogP contribution in [0.4, 0.5) is 0 Å². The Kier molecular flexibility index (Phi) is 6.70. The average molecular weight is 387 g/mol. The number of carbonyl (C=O) groups excluding carboxylic acids is 2. The summed E-state index contributed by atoms with van der Waals surface area (Å²) in [7, 11) is 3.63. The first-order valence-electron chi connectivity index (χ1n) is 9.83. The summed E-state index contributed by atoms with van der Waals surface area (Å²) in [6.45, 7) is 6.46. The molecule has 2 aliphatic rings. The molecule has 1 fully saturated rings. The molecule has 0 N–H and O–H groups in total. The molecule has 0 aromatic heterocycles. The summed E-state index contributed by atoms with van der Waals surface area (Å²) in [6, 6.07) is 7.44. The summed E-state index contributed by atoms with van der Waals surface area (Å²) in [4.78, 5) is 31.8. The van der Waals surface area contributed by atoms with Crippen LogP contribution in [0.5, 0.6) is 5.75 Å². The van der Waals surface area contributed by atoms with Gasteiger partial charge in [0.1, 0.15) is 11.4 Å². The minimum absolute atomic E-state index is 0.229. The van der Waals surface area contributed by atoms with Crippen molar-refractivity contribution in [1.82, 2.24) is 14.7 Å². The quantitative estimate of drug-likeness (QED) is 0.629. The number of carbonyl (C=O) groups is 2. The highest BCUT2D eigenvalue weighted by atomic mass is 16.5. The fourth-order valence-electron chi connectivity index (χ4n) is 3.47. The lowest BCUT2D eigenvalue weighted by molar-refractivity contribution is -0.138. The molecule has 2 aliphatic heterocycles. The zero-order chi connectivity index (χ0) is 20.1. The van der Waals surface area contributed by atoms with E-state index in [9.17, 15) is 9.59 Å². The molecule has 3 rings (SSSR count). The molecule has 2 heterocycles. The van der Waals surface area contributed by atoms with E-state index in [2.05, 4.69) is 18.9 Å². The van der Waals surface area contributed by atoms with Gasteiger partial charge in [-0.2, -0.15) is 0 Å². The highest BCUT2D eigenvalue weighted by Crippen LogP contribution is 2.32. The number of hydrogen-bond donors (Lipinski definition) is 0. The maximum absolute atomic E-state index is 13.1. The van der Waals surface area contributed by atoms with Gasteiger partial charge in [-0.25, -0.2) is 0 Å². The maximum atomic E-state index is 13.1. The van der Waals surface area contributed by atoms with Gasteiger partial charge in [0.15, 0.2) is 0 Å². The standard InChI is InChI=1S/C21H29N3O4/c1-4-14-28-17-7-5-16(6-8-17)18-19(23-11-9-22(2)10-12-23)21(26)24(20(18)25)13-15-27-3/h5-8H,4,9-15H2,1-3H3. The van der Waals surface area contributed by atoms with E-state index in [-0.39, 0.29) is 18.4 Å². The van der Waals surface area contributed by atoms with Crippen molar-refractivity contribution < 1.29 is 19.1 Å². The Labute approximate surface area is 166 Å². The molecule has 0 aliphatic carbocycles. The van der Waals surface area contributed by atoms with Crippen LogP contribution < -0.4 is 4.74 Å². The number of ether oxygens (including phenoxy) is 2. The topological polar surface area (TPSA) is 62.3 Å². The van der Waals surface area contributed by atoms with Crippen LogP contribution in [0.25, 0.3) is 5.57 Å². The Morgan fingerprint density at radius 1 is 0.964 bits per heavy atom. The Hall–Kier alpha value is -2.38. The molecule has 7 nitrogen and oxygen atoms in total. The highest BCUT2D eigenvalue weighted by molar-refractivity contribution is 6.35. The largest absolute Gasteiger partial charge is 0.494 e. The van der Waals surface area contributed by atoms with Crippen LogP contribution in [0.1, 0.15) is 18.9 Å². The number of rotatable bonds is 8. The van der Waals surface area contributed by atoms with Crippen LogP contribution in [-0.2, 0) is 14.3 Å². The maximum Gasteiger partial charge on any atom is 0.277 e. The molecule has 152 valence electrons. The van der Waals surface area contributed by atoms with Gasteiger partial charge >= 0.3 is 0 Å². The number of hydrogen-bond acceptors (Lipinski definition) is 6. The lowest BCUT2D eigenvalue weighted by Gasteiger charge is -2.34. The summed E-state index contributed by atoms with van der Waals surface area (Å²) in [6.07, 6.45) is 0.932. The number of amides is 2. The lowest BCUT2D eigenvalue weighted by atomic mass is 10.0. The van der Waals surface area contributed by atoms with E-state index in [1.54, 1.807) is 7.11 Å². The van der Waals surface area contributed by atoms with E-state index < -0.39 is 0 Å². The first-order chi connectivity index (χ1) is 13.6. The van der Waals surface area contributed by atoms with Gasteiger partial charge in [0.25, 0.3) is 11.8 Å². The number of nitrogens with zero attached hydrogens (tertiary/aromatic N) is 3. The fraction of sp³-hybridized carbons (Fsp3) is 0.524.